The molecule has 0 fully saturated rings. The van der Waals surface area contributed by atoms with Crippen LogP contribution in [0.3, 0.4) is 0 Å². The average molecular weight is 276 g/mol. The number of rotatable bonds is 7. The van der Waals surface area contributed by atoms with Crippen LogP contribution in [0.25, 0.3) is 0 Å². The van der Waals surface area contributed by atoms with E-state index in [9.17, 15) is 0 Å². The lowest BCUT2D eigenvalue weighted by molar-refractivity contribution is 0.447. The zero-order valence-corrected chi connectivity index (χ0v) is 12.8. The molecule has 0 saturated heterocycles. The van der Waals surface area contributed by atoms with Crippen molar-refractivity contribution < 1.29 is 4.42 Å². The van der Waals surface area contributed by atoms with Crippen LogP contribution < -0.4 is 5.32 Å². The van der Waals surface area contributed by atoms with E-state index in [-0.39, 0.29) is 6.04 Å². The standard InChI is InChI=1S/C15H24N4O/c1-5-14-12(6-7-20-14)13(16-4)8-15-17-10-18-19(15)9-11(2)3/h6-7,10-11,13,16H,5,8-9H2,1-4H3. The molecule has 0 saturated carbocycles. The summed E-state index contributed by atoms with van der Waals surface area (Å²) >= 11 is 0. The number of aryl methyl sites for hydroxylation is 1. The molecule has 110 valence electrons. The molecule has 2 rings (SSSR count). The van der Waals surface area contributed by atoms with E-state index in [4.69, 9.17) is 4.42 Å². The van der Waals surface area contributed by atoms with E-state index in [0.717, 1.165) is 31.0 Å². The Morgan fingerprint density at radius 2 is 2.20 bits per heavy atom. The van der Waals surface area contributed by atoms with Crippen molar-refractivity contribution in [1.29, 1.82) is 0 Å². The smallest absolute Gasteiger partial charge is 0.138 e. The van der Waals surface area contributed by atoms with Crippen molar-refractivity contribution in [3.05, 3.63) is 35.8 Å². The predicted molar refractivity (Wildman–Crippen MR) is 78.5 cm³/mol. The maximum atomic E-state index is 5.53. The summed E-state index contributed by atoms with van der Waals surface area (Å²) in [4.78, 5) is 4.40. The van der Waals surface area contributed by atoms with E-state index in [1.165, 1.54) is 5.56 Å². The number of likely N-dealkylation sites (N-methyl/N-ethyl adjacent to an activating group) is 1. The first kappa shape index (κ1) is 14.8. The first-order valence-electron chi connectivity index (χ1n) is 7.25. The Bertz CT molecular complexity index is 529. The zero-order valence-electron chi connectivity index (χ0n) is 12.8. The van der Waals surface area contributed by atoms with Gasteiger partial charge in [0.05, 0.1) is 6.26 Å². The van der Waals surface area contributed by atoms with Crippen molar-refractivity contribution in [2.75, 3.05) is 7.05 Å². The van der Waals surface area contributed by atoms with E-state index >= 15 is 0 Å². The molecule has 0 amide bonds. The van der Waals surface area contributed by atoms with Gasteiger partial charge in [0, 0.05) is 31.0 Å². The molecule has 1 unspecified atom stereocenters. The lowest BCUT2D eigenvalue weighted by Crippen LogP contribution is -2.22. The highest BCUT2D eigenvalue weighted by Crippen LogP contribution is 2.23. The largest absolute Gasteiger partial charge is 0.469 e. The summed E-state index contributed by atoms with van der Waals surface area (Å²) in [7, 11) is 1.97. The summed E-state index contributed by atoms with van der Waals surface area (Å²) in [6.45, 7) is 7.38. The van der Waals surface area contributed by atoms with Gasteiger partial charge in [0.2, 0.25) is 0 Å². The number of nitrogens with one attached hydrogen (secondary N) is 1. The van der Waals surface area contributed by atoms with Gasteiger partial charge < -0.3 is 9.73 Å². The SMILES string of the molecule is CCc1occc1C(Cc1ncnn1CC(C)C)NC. The Labute approximate surface area is 120 Å². The van der Waals surface area contributed by atoms with Crippen molar-refractivity contribution in [2.24, 2.45) is 5.92 Å². The monoisotopic (exact) mass is 276 g/mol. The van der Waals surface area contributed by atoms with E-state index in [1.54, 1.807) is 12.6 Å². The summed E-state index contributed by atoms with van der Waals surface area (Å²) in [5.41, 5.74) is 1.22. The molecule has 1 N–H and O–H groups in total. The second kappa shape index (κ2) is 6.70. The molecular formula is C15H24N4O. The van der Waals surface area contributed by atoms with Gasteiger partial charge in [0.25, 0.3) is 0 Å². The summed E-state index contributed by atoms with van der Waals surface area (Å²) in [6.07, 6.45) is 5.12. The minimum absolute atomic E-state index is 0.207. The van der Waals surface area contributed by atoms with Crippen LogP contribution in [-0.2, 0) is 19.4 Å². The number of nitrogens with zero attached hydrogens (tertiary/aromatic N) is 3. The molecule has 2 aromatic heterocycles. The maximum Gasteiger partial charge on any atom is 0.138 e. The number of furan rings is 1. The van der Waals surface area contributed by atoms with Crippen LogP contribution in [0.5, 0.6) is 0 Å². The Balaban J connectivity index is 2.16. The van der Waals surface area contributed by atoms with E-state index in [0.29, 0.717) is 5.92 Å². The normalized spacial score (nSPS) is 13.1. The van der Waals surface area contributed by atoms with Crippen LogP contribution in [0.1, 0.15) is 44.0 Å². The van der Waals surface area contributed by atoms with Gasteiger partial charge in [-0.2, -0.15) is 5.10 Å². The van der Waals surface area contributed by atoms with Gasteiger partial charge in [-0.15, -0.1) is 0 Å². The molecule has 2 aromatic rings. The minimum atomic E-state index is 0.207. The zero-order chi connectivity index (χ0) is 14.5. The van der Waals surface area contributed by atoms with Crippen LogP contribution in [0.2, 0.25) is 0 Å². The van der Waals surface area contributed by atoms with Crippen LogP contribution >= 0.6 is 0 Å². The highest BCUT2D eigenvalue weighted by Gasteiger charge is 2.18. The fraction of sp³-hybridized carbons (Fsp3) is 0.600. The van der Waals surface area contributed by atoms with Crippen LogP contribution in [0.15, 0.2) is 23.1 Å². The Kier molecular flexibility index (Phi) is 4.95. The third-order valence-corrected chi connectivity index (χ3v) is 3.45. The molecule has 1 atom stereocenters. The highest BCUT2D eigenvalue weighted by molar-refractivity contribution is 5.22. The fourth-order valence-electron chi connectivity index (χ4n) is 2.44. The van der Waals surface area contributed by atoms with Crippen molar-refractivity contribution in [3.63, 3.8) is 0 Å². The summed E-state index contributed by atoms with van der Waals surface area (Å²) in [5.74, 6) is 2.61. The van der Waals surface area contributed by atoms with Gasteiger partial charge in [0.1, 0.15) is 17.9 Å². The molecule has 0 aromatic carbocycles. The maximum absolute atomic E-state index is 5.53. The van der Waals surface area contributed by atoms with Gasteiger partial charge in [-0.3, -0.25) is 0 Å². The predicted octanol–water partition coefficient (Wildman–Crippen LogP) is 2.59. The van der Waals surface area contributed by atoms with E-state index < -0.39 is 0 Å². The van der Waals surface area contributed by atoms with Gasteiger partial charge in [-0.1, -0.05) is 20.8 Å². The molecule has 0 bridgehead atoms. The molecule has 0 aliphatic heterocycles. The fourth-order valence-corrected chi connectivity index (χ4v) is 2.44. The van der Waals surface area contributed by atoms with Gasteiger partial charge in [0.15, 0.2) is 0 Å². The summed E-state index contributed by atoms with van der Waals surface area (Å²) < 4.78 is 7.53. The number of hydrogen-bond acceptors (Lipinski definition) is 4. The van der Waals surface area contributed by atoms with Gasteiger partial charge in [-0.25, -0.2) is 9.67 Å². The second-order valence-electron chi connectivity index (χ2n) is 5.45. The van der Waals surface area contributed by atoms with Crippen LogP contribution in [-0.4, -0.2) is 21.8 Å². The third kappa shape index (κ3) is 3.28. The lowest BCUT2D eigenvalue weighted by atomic mass is 10.0. The molecule has 0 aliphatic rings. The average Bonchev–Trinajstić information content (AvgIpc) is 3.04. The summed E-state index contributed by atoms with van der Waals surface area (Å²) in [6, 6.07) is 2.25. The van der Waals surface area contributed by atoms with Crippen LogP contribution in [0.4, 0.5) is 0 Å². The van der Waals surface area contributed by atoms with Crippen molar-refractivity contribution in [3.8, 4) is 0 Å². The van der Waals surface area contributed by atoms with Gasteiger partial charge >= 0.3 is 0 Å². The Hall–Kier alpha value is -1.62. The van der Waals surface area contributed by atoms with Crippen molar-refractivity contribution in [2.45, 2.75) is 46.2 Å². The topological polar surface area (TPSA) is 55.9 Å². The Morgan fingerprint density at radius 3 is 2.85 bits per heavy atom. The molecule has 5 nitrogen and oxygen atoms in total. The first-order chi connectivity index (χ1) is 9.65. The second-order valence-corrected chi connectivity index (χ2v) is 5.45. The highest BCUT2D eigenvalue weighted by atomic mass is 16.3. The quantitative estimate of drug-likeness (QED) is 0.844. The summed E-state index contributed by atoms with van der Waals surface area (Å²) in [5, 5.41) is 7.68. The minimum Gasteiger partial charge on any atom is -0.469 e. The van der Waals surface area contributed by atoms with E-state index in [1.807, 2.05) is 17.8 Å². The van der Waals surface area contributed by atoms with Crippen LogP contribution in [0, 0.1) is 5.92 Å². The lowest BCUT2D eigenvalue weighted by Gasteiger charge is -2.17. The van der Waals surface area contributed by atoms with Gasteiger partial charge in [-0.05, 0) is 19.0 Å². The molecular weight excluding hydrogens is 252 g/mol. The number of aromatic nitrogens is 3. The van der Waals surface area contributed by atoms with E-state index in [2.05, 4.69) is 36.2 Å². The third-order valence-electron chi connectivity index (χ3n) is 3.45. The molecule has 2 heterocycles. The Morgan fingerprint density at radius 1 is 1.40 bits per heavy atom. The molecule has 0 spiro atoms. The van der Waals surface area contributed by atoms with Crippen molar-refractivity contribution in [1.82, 2.24) is 20.1 Å². The molecule has 0 aliphatic carbocycles. The first-order valence-corrected chi connectivity index (χ1v) is 7.25. The van der Waals surface area contributed by atoms with Crippen molar-refractivity contribution >= 4 is 0 Å². The molecule has 20 heavy (non-hydrogen) atoms. The molecule has 5 heteroatoms. The molecule has 0 radical (unpaired) electrons. The number of hydrogen-bond donors (Lipinski definition) is 1.